The molecule has 2 heterocycles. The van der Waals surface area contributed by atoms with E-state index < -0.39 is 0 Å². The molecule has 5 nitrogen and oxygen atoms in total. The van der Waals surface area contributed by atoms with Crippen LogP contribution in [-0.4, -0.2) is 45.9 Å². The molecule has 2 N–H and O–H groups in total. The first-order valence-electron chi connectivity index (χ1n) is 8.15. The third-order valence-corrected chi connectivity index (χ3v) is 5.10. The van der Waals surface area contributed by atoms with Crippen molar-refractivity contribution in [3.8, 4) is 11.3 Å². The lowest BCUT2D eigenvalue weighted by atomic mass is 9.98. The predicted octanol–water partition coefficient (Wildman–Crippen LogP) is 2.94. The predicted molar refractivity (Wildman–Crippen MR) is 98.9 cm³/mol. The molecule has 6 heteroatoms. The van der Waals surface area contributed by atoms with E-state index in [-0.39, 0.29) is 11.9 Å². The van der Waals surface area contributed by atoms with Crippen molar-refractivity contribution in [1.82, 2.24) is 14.9 Å². The van der Waals surface area contributed by atoms with Crippen LogP contribution in [0.2, 0.25) is 0 Å². The van der Waals surface area contributed by atoms with Crippen LogP contribution in [0.1, 0.15) is 23.2 Å². The minimum atomic E-state index is -0.000318. The summed E-state index contributed by atoms with van der Waals surface area (Å²) in [6, 6.07) is 9.67. The minimum absolute atomic E-state index is 0.000318. The molecule has 1 fully saturated rings. The molecule has 2 aromatic rings. The van der Waals surface area contributed by atoms with Crippen molar-refractivity contribution in [3.63, 3.8) is 0 Å². The van der Waals surface area contributed by atoms with Gasteiger partial charge in [-0.15, -0.1) is 0 Å². The van der Waals surface area contributed by atoms with Gasteiger partial charge in [0.25, 0.3) is 5.91 Å². The largest absolute Gasteiger partial charge is 0.368 e. The van der Waals surface area contributed by atoms with Crippen molar-refractivity contribution in [3.05, 3.63) is 42.1 Å². The maximum Gasteiger partial charge on any atom is 0.257 e. The van der Waals surface area contributed by atoms with Gasteiger partial charge in [0, 0.05) is 24.8 Å². The SMILES string of the molecule is CSCC1CCCN(C(=O)c2cnc(N)nc2-c2ccccc2)C1. The number of nitrogens with two attached hydrogens (primary N) is 1. The first-order chi connectivity index (χ1) is 11.7. The van der Waals surface area contributed by atoms with E-state index in [9.17, 15) is 4.79 Å². The Morgan fingerprint density at radius 1 is 1.38 bits per heavy atom. The zero-order valence-corrected chi connectivity index (χ0v) is 14.6. The lowest BCUT2D eigenvalue weighted by Gasteiger charge is -2.32. The number of carbonyl (C=O) groups excluding carboxylic acids is 1. The molecule has 1 aromatic heterocycles. The number of thioether (sulfide) groups is 1. The Labute approximate surface area is 146 Å². The Balaban J connectivity index is 1.90. The van der Waals surface area contributed by atoms with Gasteiger partial charge < -0.3 is 10.6 Å². The molecule has 1 atom stereocenters. The number of amides is 1. The second-order valence-corrected chi connectivity index (χ2v) is 6.98. The Hall–Kier alpha value is -2.08. The lowest BCUT2D eigenvalue weighted by molar-refractivity contribution is 0.0685. The highest BCUT2D eigenvalue weighted by atomic mass is 32.2. The van der Waals surface area contributed by atoms with E-state index in [1.165, 1.54) is 6.42 Å². The van der Waals surface area contributed by atoms with Crippen molar-refractivity contribution >= 4 is 23.6 Å². The molecule has 126 valence electrons. The summed E-state index contributed by atoms with van der Waals surface area (Å²) in [6.45, 7) is 1.60. The topological polar surface area (TPSA) is 72.1 Å². The maximum absolute atomic E-state index is 13.1. The Kier molecular flexibility index (Phi) is 5.35. The summed E-state index contributed by atoms with van der Waals surface area (Å²) in [6.07, 6.45) is 5.91. The average molecular weight is 342 g/mol. The third-order valence-electron chi connectivity index (χ3n) is 4.29. The van der Waals surface area contributed by atoms with Gasteiger partial charge in [0.2, 0.25) is 5.95 Å². The number of hydrogen-bond donors (Lipinski definition) is 1. The molecule has 0 bridgehead atoms. The van der Waals surface area contributed by atoms with Gasteiger partial charge in [-0.3, -0.25) is 4.79 Å². The molecule has 0 spiro atoms. The highest BCUT2D eigenvalue weighted by Gasteiger charge is 2.26. The van der Waals surface area contributed by atoms with Crippen LogP contribution in [0.5, 0.6) is 0 Å². The monoisotopic (exact) mass is 342 g/mol. The number of nitrogens with zero attached hydrogens (tertiary/aromatic N) is 3. The van der Waals surface area contributed by atoms with Crippen molar-refractivity contribution in [2.75, 3.05) is 30.8 Å². The summed E-state index contributed by atoms with van der Waals surface area (Å²) in [5, 5.41) is 0. The normalized spacial score (nSPS) is 17.7. The van der Waals surface area contributed by atoms with Crippen molar-refractivity contribution < 1.29 is 4.79 Å². The smallest absolute Gasteiger partial charge is 0.257 e. The van der Waals surface area contributed by atoms with E-state index in [1.807, 2.05) is 47.0 Å². The van der Waals surface area contributed by atoms with E-state index in [2.05, 4.69) is 16.2 Å². The van der Waals surface area contributed by atoms with Crippen LogP contribution in [0.3, 0.4) is 0 Å². The summed E-state index contributed by atoms with van der Waals surface area (Å²) in [5.41, 5.74) is 7.78. The maximum atomic E-state index is 13.1. The quantitative estimate of drug-likeness (QED) is 0.925. The van der Waals surface area contributed by atoms with E-state index >= 15 is 0 Å². The van der Waals surface area contributed by atoms with Gasteiger partial charge in [0.1, 0.15) is 0 Å². The summed E-state index contributed by atoms with van der Waals surface area (Å²) in [5.74, 6) is 1.84. The number of likely N-dealkylation sites (tertiary alicyclic amines) is 1. The lowest BCUT2D eigenvalue weighted by Crippen LogP contribution is -2.41. The van der Waals surface area contributed by atoms with Crippen LogP contribution in [0, 0.1) is 5.92 Å². The van der Waals surface area contributed by atoms with E-state index in [0.29, 0.717) is 17.2 Å². The second kappa shape index (κ2) is 7.66. The van der Waals surface area contributed by atoms with Crippen molar-refractivity contribution in [1.29, 1.82) is 0 Å². The number of benzene rings is 1. The number of anilines is 1. The number of rotatable bonds is 4. The minimum Gasteiger partial charge on any atom is -0.368 e. The number of carbonyl (C=O) groups is 1. The zero-order valence-electron chi connectivity index (χ0n) is 13.8. The number of piperidine rings is 1. The van der Waals surface area contributed by atoms with Gasteiger partial charge >= 0.3 is 0 Å². The highest BCUT2D eigenvalue weighted by Crippen LogP contribution is 2.26. The Morgan fingerprint density at radius 2 is 2.17 bits per heavy atom. The molecule has 0 saturated carbocycles. The van der Waals surface area contributed by atoms with Crippen molar-refractivity contribution in [2.24, 2.45) is 5.92 Å². The van der Waals surface area contributed by atoms with Crippen LogP contribution in [0.15, 0.2) is 36.5 Å². The number of aromatic nitrogens is 2. The number of nitrogen functional groups attached to an aromatic ring is 1. The molecular formula is C18H22N4OS. The molecule has 0 radical (unpaired) electrons. The molecular weight excluding hydrogens is 320 g/mol. The molecule has 0 aliphatic carbocycles. The molecule has 1 aliphatic rings. The molecule has 1 saturated heterocycles. The summed E-state index contributed by atoms with van der Waals surface area (Å²) in [4.78, 5) is 23.4. The van der Waals surface area contributed by atoms with Gasteiger partial charge in [0.15, 0.2) is 0 Å². The van der Waals surface area contributed by atoms with E-state index in [4.69, 9.17) is 5.73 Å². The van der Waals surface area contributed by atoms with E-state index in [1.54, 1.807) is 6.20 Å². The molecule has 24 heavy (non-hydrogen) atoms. The molecule has 1 amide bonds. The second-order valence-electron chi connectivity index (χ2n) is 6.07. The van der Waals surface area contributed by atoms with Gasteiger partial charge in [-0.05, 0) is 30.8 Å². The Bertz CT molecular complexity index is 705. The van der Waals surface area contributed by atoms with Gasteiger partial charge in [-0.2, -0.15) is 11.8 Å². The van der Waals surface area contributed by atoms with E-state index in [0.717, 1.165) is 30.8 Å². The zero-order chi connectivity index (χ0) is 16.9. The first kappa shape index (κ1) is 16.8. The summed E-state index contributed by atoms with van der Waals surface area (Å²) < 4.78 is 0. The molecule has 1 aliphatic heterocycles. The van der Waals surface area contributed by atoms with Crippen molar-refractivity contribution in [2.45, 2.75) is 12.8 Å². The molecule has 3 rings (SSSR count). The molecule has 1 aromatic carbocycles. The van der Waals surface area contributed by atoms with Gasteiger partial charge in [-0.25, -0.2) is 9.97 Å². The Morgan fingerprint density at radius 3 is 2.92 bits per heavy atom. The molecule has 1 unspecified atom stereocenters. The standard InChI is InChI=1S/C18H22N4OS/c1-24-12-13-6-5-9-22(11-13)17(23)15-10-20-18(19)21-16(15)14-7-3-2-4-8-14/h2-4,7-8,10,13H,5-6,9,11-12H2,1H3,(H2,19,20,21). The third kappa shape index (κ3) is 3.70. The first-order valence-corrected chi connectivity index (χ1v) is 9.54. The van der Waals surface area contributed by atoms with Crippen LogP contribution in [0.25, 0.3) is 11.3 Å². The van der Waals surface area contributed by atoms with Gasteiger partial charge in [0.05, 0.1) is 11.3 Å². The summed E-state index contributed by atoms with van der Waals surface area (Å²) in [7, 11) is 0. The fourth-order valence-electron chi connectivity index (χ4n) is 3.16. The number of hydrogen-bond acceptors (Lipinski definition) is 5. The average Bonchev–Trinajstić information content (AvgIpc) is 2.62. The highest BCUT2D eigenvalue weighted by molar-refractivity contribution is 7.98. The van der Waals surface area contributed by atoms with Crippen LogP contribution >= 0.6 is 11.8 Å². The van der Waals surface area contributed by atoms with Gasteiger partial charge in [-0.1, -0.05) is 30.3 Å². The van der Waals surface area contributed by atoms with Crippen LogP contribution in [0.4, 0.5) is 5.95 Å². The fraction of sp³-hybridized carbons (Fsp3) is 0.389. The fourth-order valence-corrected chi connectivity index (χ4v) is 3.90. The summed E-state index contributed by atoms with van der Waals surface area (Å²) >= 11 is 1.84. The van der Waals surface area contributed by atoms with Crippen LogP contribution in [-0.2, 0) is 0 Å². The van der Waals surface area contributed by atoms with Crippen LogP contribution < -0.4 is 5.73 Å².